The number of nitrogens with zero attached hydrogens (tertiary/aromatic N) is 2. The molecule has 1 saturated heterocycles. The van der Waals surface area contributed by atoms with Gasteiger partial charge in [-0.15, -0.1) is 0 Å². The van der Waals surface area contributed by atoms with Crippen LogP contribution in [0, 0.1) is 5.92 Å². The molecule has 7 heteroatoms. The van der Waals surface area contributed by atoms with Crippen LogP contribution >= 0.6 is 15.9 Å². The molecule has 0 atom stereocenters. The van der Waals surface area contributed by atoms with Gasteiger partial charge in [-0.2, -0.15) is 17.0 Å². The van der Waals surface area contributed by atoms with Crippen LogP contribution in [0.5, 0.6) is 0 Å². The topological polar surface area (TPSA) is 49.9 Å². The maximum absolute atomic E-state index is 12.5. The second kappa shape index (κ2) is 8.56. The standard InChI is InChI=1S/C12H25BrN2O3S/c1-3-14(9-11-18-10-6-13)19(16,17)15-7-4-12(2)5-8-15/h12H,3-11H2,1-2H3. The fourth-order valence-corrected chi connectivity index (χ4v) is 4.00. The van der Waals surface area contributed by atoms with Crippen molar-refractivity contribution in [3.05, 3.63) is 0 Å². The summed E-state index contributed by atoms with van der Waals surface area (Å²) in [7, 11) is -3.31. The summed E-state index contributed by atoms with van der Waals surface area (Å²) in [5.74, 6) is 0.629. The quantitative estimate of drug-likeness (QED) is 0.491. The van der Waals surface area contributed by atoms with Crippen molar-refractivity contribution in [1.29, 1.82) is 0 Å². The van der Waals surface area contributed by atoms with E-state index in [1.807, 2.05) is 6.92 Å². The molecule has 114 valence electrons. The monoisotopic (exact) mass is 356 g/mol. The molecule has 0 amide bonds. The van der Waals surface area contributed by atoms with Crippen LogP contribution in [0.2, 0.25) is 0 Å². The van der Waals surface area contributed by atoms with Crippen molar-refractivity contribution in [2.24, 2.45) is 5.92 Å². The lowest BCUT2D eigenvalue weighted by Crippen LogP contribution is -2.47. The third-order valence-corrected chi connectivity index (χ3v) is 5.89. The van der Waals surface area contributed by atoms with Gasteiger partial charge in [-0.05, 0) is 18.8 Å². The molecule has 1 rings (SSSR count). The van der Waals surface area contributed by atoms with Gasteiger partial charge in [0.05, 0.1) is 13.2 Å². The van der Waals surface area contributed by atoms with E-state index in [1.165, 1.54) is 4.31 Å². The first kappa shape index (κ1) is 17.4. The third-order valence-electron chi connectivity index (χ3n) is 3.45. The van der Waals surface area contributed by atoms with Crippen LogP contribution in [0.1, 0.15) is 26.7 Å². The Morgan fingerprint density at radius 1 is 1.32 bits per heavy atom. The maximum atomic E-state index is 12.5. The summed E-state index contributed by atoms with van der Waals surface area (Å²) in [6, 6.07) is 0. The van der Waals surface area contributed by atoms with Crippen molar-refractivity contribution in [2.45, 2.75) is 26.7 Å². The second-order valence-corrected chi connectivity index (χ2v) is 7.60. The lowest BCUT2D eigenvalue weighted by molar-refractivity contribution is 0.135. The van der Waals surface area contributed by atoms with E-state index < -0.39 is 10.2 Å². The molecule has 0 spiro atoms. The molecule has 0 aromatic rings. The van der Waals surface area contributed by atoms with E-state index in [0.29, 0.717) is 45.3 Å². The molecule has 0 saturated carbocycles. The minimum absolute atomic E-state index is 0.428. The molecule has 1 aliphatic heterocycles. The van der Waals surface area contributed by atoms with Gasteiger partial charge in [0.1, 0.15) is 0 Å². The lowest BCUT2D eigenvalue weighted by Gasteiger charge is -2.33. The number of rotatable bonds is 8. The molecule has 0 bridgehead atoms. The highest BCUT2D eigenvalue weighted by Crippen LogP contribution is 2.20. The van der Waals surface area contributed by atoms with Crippen LogP contribution in [0.15, 0.2) is 0 Å². The highest BCUT2D eigenvalue weighted by Gasteiger charge is 2.30. The van der Waals surface area contributed by atoms with Gasteiger partial charge in [-0.3, -0.25) is 0 Å². The number of likely N-dealkylation sites (N-methyl/N-ethyl adjacent to an activating group) is 1. The Hall–Kier alpha value is 0.310. The molecule has 0 aliphatic carbocycles. The molecule has 1 aliphatic rings. The van der Waals surface area contributed by atoms with Gasteiger partial charge in [-0.25, -0.2) is 0 Å². The molecule has 1 heterocycles. The van der Waals surface area contributed by atoms with E-state index in [2.05, 4.69) is 22.9 Å². The first-order valence-corrected chi connectivity index (χ1v) is 9.43. The van der Waals surface area contributed by atoms with Gasteiger partial charge in [-0.1, -0.05) is 29.8 Å². The maximum Gasteiger partial charge on any atom is 0.282 e. The van der Waals surface area contributed by atoms with Crippen molar-refractivity contribution in [3.63, 3.8) is 0 Å². The van der Waals surface area contributed by atoms with Crippen molar-refractivity contribution in [1.82, 2.24) is 8.61 Å². The Morgan fingerprint density at radius 3 is 2.47 bits per heavy atom. The van der Waals surface area contributed by atoms with Gasteiger partial charge >= 0.3 is 0 Å². The number of halogens is 1. The summed E-state index contributed by atoms with van der Waals surface area (Å²) in [4.78, 5) is 0. The number of ether oxygens (including phenoxy) is 1. The SMILES string of the molecule is CCN(CCOCCBr)S(=O)(=O)N1CCC(C)CC1. The van der Waals surface area contributed by atoms with E-state index in [-0.39, 0.29) is 0 Å². The molecule has 1 fully saturated rings. The first-order valence-electron chi connectivity index (χ1n) is 6.91. The summed E-state index contributed by atoms with van der Waals surface area (Å²) in [5.41, 5.74) is 0. The minimum atomic E-state index is -3.31. The largest absolute Gasteiger partial charge is 0.379 e. The van der Waals surface area contributed by atoms with Crippen molar-refractivity contribution >= 4 is 26.1 Å². The Bertz CT molecular complexity index is 343. The zero-order valence-corrected chi connectivity index (χ0v) is 14.2. The van der Waals surface area contributed by atoms with Crippen LogP contribution in [-0.4, -0.2) is 61.8 Å². The molecule has 0 radical (unpaired) electrons. The van der Waals surface area contributed by atoms with Gasteiger partial charge in [0, 0.05) is 31.5 Å². The summed E-state index contributed by atoms with van der Waals surface area (Å²) in [5, 5.41) is 0.774. The molecule has 19 heavy (non-hydrogen) atoms. The molecular formula is C12H25BrN2O3S. The van der Waals surface area contributed by atoms with Crippen molar-refractivity contribution < 1.29 is 13.2 Å². The van der Waals surface area contributed by atoms with Gasteiger partial charge in [0.2, 0.25) is 0 Å². The van der Waals surface area contributed by atoms with Crippen LogP contribution in [0.25, 0.3) is 0 Å². The highest BCUT2D eigenvalue weighted by atomic mass is 79.9. The summed E-state index contributed by atoms with van der Waals surface area (Å²) in [6.07, 6.45) is 1.91. The van der Waals surface area contributed by atoms with Gasteiger partial charge < -0.3 is 4.74 Å². The molecule has 0 N–H and O–H groups in total. The van der Waals surface area contributed by atoms with Crippen LogP contribution in [0.3, 0.4) is 0 Å². The molecule has 0 unspecified atom stereocenters. The summed E-state index contributed by atoms with van der Waals surface area (Å²) < 4.78 is 33.4. The number of piperidine rings is 1. The molecule has 5 nitrogen and oxygen atoms in total. The van der Waals surface area contributed by atoms with Crippen LogP contribution in [-0.2, 0) is 14.9 Å². The highest BCUT2D eigenvalue weighted by molar-refractivity contribution is 9.09. The normalized spacial score (nSPS) is 19.2. The zero-order valence-electron chi connectivity index (χ0n) is 11.8. The van der Waals surface area contributed by atoms with E-state index in [4.69, 9.17) is 4.74 Å². The fourth-order valence-electron chi connectivity index (χ4n) is 2.14. The Balaban J connectivity index is 2.52. The Labute approximate surface area is 125 Å². The number of alkyl halides is 1. The molecule has 0 aromatic heterocycles. The Morgan fingerprint density at radius 2 is 1.95 bits per heavy atom. The average molecular weight is 357 g/mol. The van der Waals surface area contributed by atoms with Crippen LogP contribution in [0.4, 0.5) is 0 Å². The zero-order chi connectivity index (χ0) is 14.3. The van der Waals surface area contributed by atoms with Crippen molar-refractivity contribution in [2.75, 3.05) is 44.7 Å². The van der Waals surface area contributed by atoms with Gasteiger partial charge in [0.15, 0.2) is 0 Å². The lowest BCUT2D eigenvalue weighted by atomic mass is 10.0. The Kier molecular flexibility index (Phi) is 7.83. The summed E-state index contributed by atoms with van der Waals surface area (Å²) >= 11 is 3.28. The van der Waals surface area contributed by atoms with E-state index in [9.17, 15) is 8.42 Å². The second-order valence-electron chi connectivity index (χ2n) is 4.88. The van der Waals surface area contributed by atoms with E-state index in [1.54, 1.807) is 4.31 Å². The van der Waals surface area contributed by atoms with E-state index >= 15 is 0 Å². The first-order chi connectivity index (χ1) is 9.02. The van der Waals surface area contributed by atoms with Crippen molar-refractivity contribution in [3.8, 4) is 0 Å². The summed E-state index contributed by atoms with van der Waals surface area (Å²) in [6.45, 7) is 7.31. The third kappa shape index (κ3) is 5.30. The number of hydrogen-bond acceptors (Lipinski definition) is 3. The fraction of sp³-hybridized carbons (Fsp3) is 1.00. The average Bonchev–Trinajstić information content (AvgIpc) is 2.39. The predicted octanol–water partition coefficient (Wildman–Crippen LogP) is 1.70. The molecule has 0 aromatic carbocycles. The van der Waals surface area contributed by atoms with Crippen LogP contribution < -0.4 is 0 Å². The number of hydrogen-bond donors (Lipinski definition) is 0. The predicted molar refractivity (Wildman–Crippen MR) is 80.8 cm³/mol. The van der Waals surface area contributed by atoms with Gasteiger partial charge in [0.25, 0.3) is 10.2 Å². The smallest absolute Gasteiger partial charge is 0.282 e. The molecular weight excluding hydrogens is 332 g/mol. The minimum Gasteiger partial charge on any atom is -0.379 e. The van der Waals surface area contributed by atoms with E-state index in [0.717, 1.165) is 18.2 Å².